The van der Waals surface area contributed by atoms with E-state index in [0.717, 1.165) is 47.7 Å². The molecule has 0 N–H and O–H groups in total. The molecular formula is C25H24F4N2O. The second-order valence-electron chi connectivity index (χ2n) is 8.33. The van der Waals surface area contributed by atoms with Crippen LogP contribution in [0.5, 0.6) is 0 Å². The van der Waals surface area contributed by atoms with Crippen LogP contribution in [0.15, 0.2) is 60.8 Å². The molecule has 7 heteroatoms. The van der Waals surface area contributed by atoms with Crippen molar-refractivity contribution in [2.75, 3.05) is 20.6 Å². The van der Waals surface area contributed by atoms with Gasteiger partial charge >= 0.3 is 6.18 Å². The minimum Gasteiger partial charge on any atom is -0.361 e. The van der Waals surface area contributed by atoms with Crippen LogP contribution in [-0.4, -0.2) is 30.5 Å². The lowest BCUT2D eigenvalue weighted by Gasteiger charge is -2.31. The molecule has 1 aliphatic rings. The molecule has 0 aliphatic carbocycles. The van der Waals surface area contributed by atoms with Crippen LogP contribution in [0, 0.1) is 5.82 Å². The number of rotatable bonds is 6. The van der Waals surface area contributed by atoms with Crippen molar-refractivity contribution in [1.29, 1.82) is 0 Å². The third-order valence-electron chi connectivity index (χ3n) is 5.85. The minimum absolute atomic E-state index is 0.305. The van der Waals surface area contributed by atoms with Crippen LogP contribution in [0.2, 0.25) is 0 Å². The molecular weight excluding hydrogens is 420 g/mol. The highest BCUT2D eigenvalue weighted by Crippen LogP contribution is 2.46. The number of ether oxygens (including phenoxy) is 1. The molecule has 0 fully saturated rings. The van der Waals surface area contributed by atoms with Crippen molar-refractivity contribution in [2.24, 2.45) is 0 Å². The van der Waals surface area contributed by atoms with Gasteiger partial charge in [-0.3, -0.25) is 4.98 Å². The molecule has 1 aliphatic heterocycles. The molecule has 0 saturated heterocycles. The lowest BCUT2D eigenvalue weighted by atomic mass is 9.81. The van der Waals surface area contributed by atoms with Gasteiger partial charge in [0, 0.05) is 11.8 Å². The van der Waals surface area contributed by atoms with Crippen LogP contribution in [0.25, 0.3) is 11.1 Å². The highest BCUT2D eigenvalue weighted by atomic mass is 19.4. The van der Waals surface area contributed by atoms with Gasteiger partial charge in [0.2, 0.25) is 0 Å². The molecule has 32 heavy (non-hydrogen) atoms. The number of alkyl halides is 3. The largest absolute Gasteiger partial charge is 0.433 e. The standard InChI is InChI=1S/C25H24F4N2O/c1-31(2)13-3-12-24(20-6-8-21(26)9-7-20)22-10-4-17(14-19(22)16-32-24)18-5-11-23(30-15-18)25(27,28)29/h4-11,14-15H,3,12-13,16H2,1-2H3. The number of benzene rings is 2. The SMILES string of the molecule is CN(C)CCCC1(c2ccc(F)cc2)OCc2cc(-c3ccc(C(F)(F)F)nc3)ccc21. The quantitative estimate of drug-likeness (QED) is 0.435. The van der Waals surface area contributed by atoms with E-state index in [-0.39, 0.29) is 5.82 Å². The molecule has 0 saturated carbocycles. The Morgan fingerprint density at radius 3 is 2.34 bits per heavy atom. The average Bonchev–Trinajstić information content (AvgIpc) is 3.12. The van der Waals surface area contributed by atoms with Gasteiger partial charge in [-0.1, -0.05) is 30.3 Å². The number of pyridine rings is 1. The highest BCUT2D eigenvalue weighted by molar-refractivity contribution is 5.65. The minimum atomic E-state index is -4.47. The van der Waals surface area contributed by atoms with Crippen molar-refractivity contribution in [3.05, 3.63) is 89.0 Å². The second kappa shape index (κ2) is 8.64. The van der Waals surface area contributed by atoms with Gasteiger partial charge in [-0.15, -0.1) is 0 Å². The highest BCUT2D eigenvalue weighted by Gasteiger charge is 2.41. The van der Waals surface area contributed by atoms with Crippen LogP contribution in [-0.2, 0) is 23.1 Å². The lowest BCUT2D eigenvalue weighted by molar-refractivity contribution is -0.141. The van der Waals surface area contributed by atoms with Crippen molar-refractivity contribution in [3.63, 3.8) is 0 Å². The Labute approximate surface area is 184 Å². The van der Waals surface area contributed by atoms with E-state index in [0.29, 0.717) is 12.2 Å². The zero-order valence-electron chi connectivity index (χ0n) is 17.9. The van der Waals surface area contributed by atoms with Gasteiger partial charge in [0.25, 0.3) is 0 Å². The fraction of sp³-hybridized carbons (Fsp3) is 0.320. The molecule has 0 amide bonds. The molecule has 2 aromatic carbocycles. The third kappa shape index (κ3) is 4.40. The van der Waals surface area contributed by atoms with E-state index in [1.165, 1.54) is 24.4 Å². The summed E-state index contributed by atoms with van der Waals surface area (Å²) in [5.41, 5.74) is 2.64. The number of fused-ring (bicyclic) bond motifs is 1. The summed E-state index contributed by atoms with van der Waals surface area (Å²) in [5, 5.41) is 0. The fourth-order valence-electron chi connectivity index (χ4n) is 4.25. The topological polar surface area (TPSA) is 25.4 Å². The molecule has 4 rings (SSSR count). The molecule has 0 radical (unpaired) electrons. The Bertz CT molecular complexity index is 1080. The normalized spacial score (nSPS) is 18.2. The first kappa shape index (κ1) is 22.4. The molecule has 2 heterocycles. The molecule has 1 aromatic heterocycles. The first-order valence-electron chi connectivity index (χ1n) is 10.4. The summed E-state index contributed by atoms with van der Waals surface area (Å²) in [5.74, 6) is -0.305. The van der Waals surface area contributed by atoms with Crippen LogP contribution in [0.1, 0.15) is 35.2 Å². The van der Waals surface area contributed by atoms with Crippen LogP contribution in [0.4, 0.5) is 17.6 Å². The maximum absolute atomic E-state index is 13.6. The summed E-state index contributed by atoms with van der Waals surface area (Å²) in [4.78, 5) is 5.67. The molecule has 0 spiro atoms. The summed E-state index contributed by atoms with van der Waals surface area (Å²) < 4.78 is 58.4. The summed E-state index contributed by atoms with van der Waals surface area (Å²) in [6, 6.07) is 14.6. The average molecular weight is 444 g/mol. The van der Waals surface area contributed by atoms with Gasteiger partial charge in [-0.2, -0.15) is 13.2 Å². The Morgan fingerprint density at radius 1 is 1.00 bits per heavy atom. The van der Waals surface area contributed by atoms with Gasteiger partial charge in [-0.05, 0) is 80.0 Å². The van der Waals surface area contributed by atoms with E-state index in [1.807, 2.05) is 32.3 Å². The predicted octanol–water partition coefficient (Wildman–Crippen LogP) is 6.02. The van der Waals surface area contributed by atoms with Crippen molar-refractivity contribution in [1.82, 2.24) is 9.88 Å². The first-order valence-corrected chi connectivity index (χ1v) is 10.4. The van der Waals surface area contributed by atoms with E-state index in [1.54, 1.807) is 12.1 Å². The van der Waals surface area contributed by atoms with E-state index in [4.69, 9.17) is 4.74 Å². The van der Waals surface area contributed by atoms with Gasteiger partial charge in [-0.25, -0.2) is 4.39 Å². The Balaban J connectivity index is 1.69. The van der Waals surface area contributed by atoms with E-state index < -0.39 is 17.5 Å². The zero-order chi connectivity index (χ0) is 22.9. The molecule has 168 valence electrons. The maximum Gasteiger partial charge on any atom is 0.433 e. The molecule has 1 atom stereocenters. The van der Waals surface area contributed by atoms with Crippen molar-refractivity contribution in [3.8, 4) is 11.1 Å². The molecule has 1 unspecified atom stereocenters. The number of hydrogen-bond acceptors (Lipinski definition) is 3. The Kier molecular flexibility index (Phi) is 6.05. The van der Waals surface area contributed by atoms with Gasteiger partial charge in [0.15, 0.2) is 0 Å². The van der Waals surface area contributed by atoms with Gasteiger partial charge in [0.05, 0.1) is 6.61 Å². The summed E-state index contributed by atoms with van der Waals surface area (Å²) in [6.07, 6.45) is -1.62. The molecule has 3 nitrogen and oxygen atoms in total. The van der Waals surface area contributed by atoms with Crippen LogP contribution >= 0.6 is 0 Å². The predicted molar refractivity (Wildman–Crippen MR) is 114 cm³/mol. The number of nitrogens with zero attached hydrogens (tertiary/aromatic N) is 2. The summed E-state index contributed by atoms with van der Waals surface area (Å²) in [6.45, 7) is 1.26. The van der Waals surface area contributed by atoms with Crippen LogP contribution < -0.4 is 0 Å². The van der Waals surface area contributed by atoms with E-state index in [9.17, 15) is 17.6 Å². The number of hydrogen-bond donors (Lipinski definition) is 0. The Morgan fingerprint density at radius 2 is 1.72 bits per heavy atom. The van der Waals surface area contributed by atoms with Crippen LogP contribution in [0.3, 0.4) is 0 Å². The Hall–Kier alpha value is -2.77. The number of halogens is 4. The molecule has 0 bridgehead atoms. The van der Waals surface area contributed by atoms with E-state index in [2.05, 4.69) is 9.88 Å². The summed E-state index contributed by atoms with van der Waals surface area (Å²) >= 11 is 0. The fourth-order valence-corrected chi connectivity index (χ4v) is 4.25. The van der Waals surface area contributed by atoms with Gasteiger partial charge in [0.1, 0.15) is 17.1 Å². The zero-order valence-corrected chi connectivity index (χ0v) is 17.9. The monoisotopic (exact) mass is 444 g/mol. The lowest BCUT2D eigenvalue weighted by Crippen LogP contribution is -2.28. The third-order valence-corrected chi connectivity index (χ3v) is 5.85. The molecule has 3 aromatic rings. The number of aromatic nitrogens is 1. The van der Waals surface area contributed by atoms with Gasteiger partial charge < -0.3 is 9.64 Å². The smallest absolute Gasteiger partial charge is 0.361 e. The second-order valence-corrected chi connectivity index (χ2v) is 8.33. The van der Waals surface area contributed by atoms with Crippen molar-refractivity contribution in [2.45, 2.75) is 31.2 Å². The summed E-state index contributed by atoms with van der Waals surface area (Å²) in [7, 11) is 4.02. The maximum atomic E-state index is 13.6. The van der Waals surface area contributed by atoms with Crippen molar-refractivity contribution < 1.29 is 22.3 Å². The first-order chi connectivity index (χ1) is 15.2. The van der Waals surface area contributed by atoms with Crippen molar-refractivity contribution >= 4 is 0 Å². The van der Waals surface area contributed by atoms with E-state index >= 15 is 0 Å².